The maximum absolute atomic E-state index is 12.4. The van der Waals surface area contributed by atoms with Crippen LogP contribution in [0.4, 0.5) is 0 Å². The van der Waals surface area contributed by atoms with E-state index in [9.17, 15) is 4.79 Å². The number of fused-ring (bicyclic) bond motifs is 3. The molecule has 0 atom stereocenters. The third kappa shape index (κ3) is 3.72. The lowest BCUT2D eigenvalue weighted by molar-refractivity contribution is 0.0298. The molecule has 2 aromatic rings. The van der Waals surface area contributed by atoms with Gasteiger partial charge in [-0.05, 0) is 55.9 Å². The molecule has 1 fully saturated rings. The number of rotatable bonds is 5. The average Bonchev–Trinajstić information content (AvgIpc) is 3.04. The van der Waals surface area contributed by atoms with E-state index < -0.39 is 0 Å². The number of esters is 1. The summed E-state index contributed by atoms with van der Waals surface area (Å²) >= 11 is 0. The second kappa shape index (κ2) is 7.58. The van der Waals surface area contributed by atoms with Crippen LogP contribution in [0.15, 0.2) is 18.2 Å². The van der Waals surface area contributed by atoms with E-state index in [0.29, 0.717) is 12.2 Å². The number of carbonyl (C=O) groups excluding carboxylic acids is 1. The summed E-state index contributed by atoms with van der Waals surface area (Å²) in [6.07, 6.45) is 5.57. The summed E-state index contributed by atoms with van der Waals surface area (Å²) in [7, 11) is 0. The molecule has 0 radical (unpaired) electrons. The van der Waals surface area contributed by atoms with Gasteiger partial charge in [0.2, 0.25) is 0 Å². The van der Waals surface area contributed by atoms with Gasteiger partial charge in [-0.15, -0.1) is 0 Å². The van der Waals surface area contributed by atoms with E-state index in [-0.39, 0.29) is 5.97 Å². The van der Waals surface area contributed by atoms with Crippen LogP contribution < -0.4 is 0 Å². The van der Waals surface area contributed by atoms with Gasteiger partial charge in [0, 0.05) is 36.2 Å². The topological polar surface area (TPSA) is 54.6 Å². The predicted molar refractivity (Wildman–Crippen MR) is 97.1 cm³/mol. The molecule has 5 heteroatoms. The SMILES string of the molecule is O=C(OCCCN1CCOCC1)c1ccc2[nH]c3c(c2c1)CCCC3. The van der Waals surface area contributed by atoms with Gasteiger partial charge in [-0.1, -0.05) is 0 Å². The minimum atomic E-state index is -0.213. The Morgan fingerprint density at radius 2 is 2.04 bits per heavy atom. The molecule has 0 amide bonds. The Hall–Kier alpha value is -1.85. The molecule has 0 unspecified atom stereocenters. The lowest BCUT2D eigenvalue weighted by Gasteiger charge is -2.26. The van der Waals surface area contributed by atoms with Gasteiger partial charge < -0.3 is 14.5 Å². The molecule has 1 aliphatic heterocycles. The molecular weight excluding hydrogens is 316 g/mol. The summed E-state index contributed by atoms with van der Waals surface area (Å²) in [5, 5.41) is 1.19. The van der Waals surface area contributed by atoms with Gasteiger partial charge in [0.1, 0.15) is 0 Å². The van der Waals surface area contributed by atoms with Crippen molar-refractivity contribution >= 4 is 16.9 Å². The summed E-state index contributed by atoms with van der Waals surface area (Å²) in [6.45, 7) is 4.99. The Bertz CT molecular complexity index is 747. The van der Waals surface area contributed by atoms with E-state index in [1.807, 2.05) is 18.2 Å². The summed E-state index contributed by atoms with van der Waals surface area (Å²) < 4.78 is 10.8. The number of H-pyrrole nitrogens is 1. The van der Waals surface area contributed by atoms with E-state index in [0.717, 1.165) is 57.6 Å². The smallest absolute Gasteiger partial charge is 0.338 e. The number of hydrogen-bond donors (Lipinski definition) is 1. The minimum absolute atomic E-state index is 0.213. The lowest BCUT2D eigenvalue weighted by atomic mass is 9.95. The normalized spacial score (nSPS) is 18.2. The fourth-order valence-electron chi connectivity index (χ4n) is 3.89. The number of nitrogens with one attached hydrogen (secondary N) is 1. The van der Waals surface area contributed by atoms with Crippen LogP contribution in [0.3, 0.4) is 0 Å². The Labute approximate surface area is 148 Å². The van der Waals surface area contributed by atoms with E-state index >= 15 is 0 Å². The van der Waals surface area contributed by atoms with Crippen LogP contribution in [0, 0.1) is 0 Å². The molecule has 2 aliphatic rings. The van der Waals surface area contributed by atoms with Gasteiger partial charge in [-0.25, -0.2) is 4.79 Å². The highest BCUT2D eigenvalue weighted by molar-refractivity contribution is 5.96. The number of aryl methyl sites for hydroxylation is 2. The molecule has 1 aliphatic carbocycles. The first-order valence-electron chi connectivity index (χ1n) is 9.42. The number of hydrogen-bond acceptors (Lipinski definition) is 4. The van der Waals surface area contributed by atoms with E-state index in [1.54, 1.807) is 0 Å². The fourth-order valence-corrected chi connectivity index (χ4v) is 3.89. The first kappa shape index (κ1) is 16.6. The van der Waals surface area contributed by atoms with Crippen molar-refractivity contribution in [1.29, 1.82) is 0 Å². The molecule has 1 aromatic heterocycles. The van der Waals surface area contributed by atoms with Crippen molar-refractivity contribution in [2.45, 2.75) is 32.1 Å². The highest BCUT2D eigenvalue weighted by Gasteiger charge is 2.17. The average molecular weight is 342 g/mol. The Morgan fingerprint density at radius 3 is 2.92 bits per heavy atom. The molecule has 0 saturated carbocycles. The molecule has 0 bridgehead atoms. The van der Waals surface area contributed by atoms with Crippen molar-refractivity contribution in [3.63, 3.8) is 0 Å². The summed E-state index contributed by atoms with van der Waals surface area (Å²) in [6, 6.07) is 5.88. The minimum Gasteiger partial charge on any atom is -0.462 e. The van der Waals surface area contributed by atoms with Crippen molar-refractivity contribution in [2.75, 3.05) is 39.5 Å². The highest BCUT2D eigenvalue weighted by Crippen LogP contribution is 2.29. The number of carbonyl (C=O) groups is 1. The van der Waals surface area contributed by atoms with E-state index in [4.69, 9.17) is 9.47 Å². The Balaban J connectivity index is 1.35. The Morgan fingerprint density at radius 1 is 1.20 bits per heavy atom. The van der Waals surface area contributed by atoms with Crippen LogP contribution >= 0.6 is 0 Å². The third-order valence-corrected chi connectivity index (χ3v) is 5.29. The number of aromatic amines is 1. The monoisotopic (exact) mass is 342 g/mol. The standard InChI is InChI=1S/C20H26N2O3/c23-20(25-11-3-8-22-9-12-24-13-10-22)15-6-7-19-17(14-15)16-4-1-2-5-18(16)21-19/h6-7,14,21H,1-5,8-13H2. The molecule has 2 heterocycles. The van der Waals surface area contributed by atoms with Gasteiger partial charge in [0.05, 0.1) is 25.4 Å². The second-order valence-corrected chi connectivity index (χ2v) is 6.99. The van der Waals surface area contributed by atoms with Crippen LogP contribution in [0.25, 0.3) is 10.9 Å². The van der Waals surface area contributed by atoms with Crippen LogP contribution in [-0.2, 0) is 22.3 Å². The van der Waals surface area contributed by atoms with Gasteiger partial charge in [0.25, 0.3) is 0 Å². The van der Waals surface area contributed by atoms with Gasteiger partial charge in [-0.3, -0.25) is 4.90 Å². The maximum atomic E-state index is 12.4. The summed E-state index contributed by atoms with van der Waals surface area (Å²) in [5.74, 6) is -0.213. The number of benzene rings is 1. The quantitative estimate of drug-likeness (QED) is 0.670. The van der Waals surface area contributed by atoms with Crippen molar-refractivity contribution < 1.29 is 14.3 Å². The molecular formula is C20H26N2O3. The molecule has 0 spiro atoms. The Kier molecular flexibility index (Phi) is 5.04. The molecule has 5 nitrogen and oxygen atoms in total. The van der Waals surface area contributed by atoms with Gasteiger partial charge in [0.15, 0.2) is 0 Å². The molecule has 1 N–H and O–H groups in total. The second-order valence-electron chi connectivity index (χ2n) is 6.99. The molecule has 1 saturated heterocycles. The van der Waals surface area contributed by atoms with Crippen LogP contribution in [0.2, 0.25) is 0 Å². The zero-order chi connectivity index (χ0) is 17.1. The first-order chi connectivity index (χ1) is 12.3. The van der Waals surface area contributed by atoms with E-state index in [2.05, 4.69) is 9.88 Å². The fraction of sp³-hybridized carbons (Fsp3) is 0.550. The molecule has 4 rings (SSSR count). The van der Waals surface area contributed by atoms with Gasteiger partial charge >= 0.3 is 5.97 Å². The van der Waals surface area contributed by atoms with Crippen LogP contribution in [0.5, 0.6) is 0 Å². The number of ether oxygens (including phenoxy) is 2. The van der Waals surface area contributed by atoms with Crippen molar-refractivity contribution in [1.82, 2.24) is 9.88 Å². The van der Waals surface area contributed by atoms with E-state index in [1.165, 1.54) is 29.5 Å². The van der Waals surface area contributed by atoms with Crippen LogP contribution in [0.1, 0.15) is 40.9 Å². The summed E-state index contributed by atoms with van der Waals surface area (Å²) in [5.41, 5.74) is 4.53. The van der Waals surface area contributed by atoms with Crippen LogP contribution in [-0.4, -0.2) is 55.3 Å². The predicted octanol–water partition coefficient (Wildman–Crippen LogP) is 2.93. The number of nitrogens with zero attached hydrogens (tertiary/aromatic N) is 1. The highest BCUT2D eigenvalue weighted by atomic mass is 16.5. The molecule has 25 heavy (non-hydrogen) atoms. The summed E-state index contributed by atoms with van der Waals surface area (Å²) in [4.78, 5) is 18.2. The molecule has 1 aromatic carbocycles. The first-order valence-corrected chi connectivity index (χ1v) is 9.42. The largest absolute Gasteiger partial charge is 0.462 e. The van der Waals surface area contributed by atoms with Crippen molar-refractivity contribution in [3.8, 4) is 0 Å². The zero-order valence-corrected chi connectivity index (χ0v) is 14.7. The maximum Gasteiger partial charge on any atom is 0.338 e. The zero-order valence-electron chi connectivity index (χ0n) is 14.7. The number of morpholine rings is 1. The third-order valence-electron chi connectivity index (χ3n) is 5.29. The number of aromatic nitrogens is 1. The van der Waals surface area contributed by atoms with Gasteiger partial charge in [-0.2, -0.15) is 0 Å². The van der Waals surface area contributed by atoms with Crippen molar-refractivity contribution in [2.24, 2.45) is 0 Å². The van der Waals surface area contributed by atoms with Crippen molar-refractivity contribution in [3.05, 3.63) is 35.0 Å². The lowest BCUT2D eigenvalue weighted by Crippen LogP contribution is -2.37. The molecule has 134 valence electrons.